The second-order valence-electron chi connectivity index (χ2n) is 10.2. The number of ether oxygens (including phenoxy) is 2. The third-order valence-corrected chi connectivity index (χ3v) is 8.87. The zero-order valence-corrected chi connectivity index (χ0v) is 21.9. The Bertz CT molecular complexity index is 1270. The van der Waals surface area contributed by atoms with Crippen molar-refractivity contribution in [2.24, 2.45) is 5.41 Å². The molecule has 1 spiro atoms. The number of pyridine rings is 1. The van der Waals surface area contributed by atoms with Crippen LogP contribution in [0.2, 0.25) is 0 Å². The standard InChI is InChI=1S/C26H33FN4O6S/c27-17-36-22-6-7-23(29-25(22)37-19-2-1-3-19)28-24(33)20-5-4-18(30-38(34,35)15-14-32)16-21(20)31-12-10-26(8-9-26)11-13-31/h4-7,16,19,30,32H,1-3,8-15,17H2,(H,28,29,33). The molecule has 0 unspecified atom stereocenters. The fraction of sp³-hybridized carbons (Fsp3) is 0.538. The van der Waals surface area contributed by atoms with Crippen LogP contribution in [0.4, 0.5) is 21.6 Å². The lowest BCUT2D eigenvalue weighted by molar-refractivity contribution is 0.101. The Labute approximate surface area is 221 Å². The number of carbonyl (C=O) groups is 1. The first-order valence-corrected chi connectivity index (χ1v) is 14.6. The Kier molecular flexibility index (Phi) is 7.62. The number of anilines is 3. The number of halogens is 1. The van der Waals surface area contributed by atoms with Crippen LogP contribution in [-0.2, 0) is 10.0 Å². The summed E-state index contributed by atoms with van der Waals surface area (Å²) in [6.07, 6.45) is 7.29. The molecule has 2 saturated carbocycles. The van der Waals surface area contributed by atoms with Crippen molar-refractivity contribution in [3.05, 3.63) is 35.9 Å². The van der Waals surface area contributed by atoms with Gasteiger partial charge in [-0.15, -0.1) is 0 Å². The van der Waals surface area contributed by atoms with Gasteiger partial charge in [0.05, 0.1) is 29.3 Å². The molecular weight excluding hydrogens is 515 g/mol. The van der Waals surface area contributed by atoms with Gasteiger partial charge >= 0.3 is 0 Å². The lowest BCUT2D eigenvalue weighted by Gasteiger charge is -2.35. The highest BCUT2D eigenvalue weighted by molar-refractivity contribution is 7.92. The lowest BCUT2D eigenvalue weighted by atomic mass is 9.93. The molecule has 10 nitrogen and oxygen atoms in total. The molecule has 3 N–H and O–H groups in total. The molecule has 1 aliphatic heterocycles. The van der Waals surface area contributed by atoms with Crippen LogP contribution >= 0.6 is 0 Å². The van der Waals surface area contributed by atoms with Gasteiger partial charge in [0.25, 0.3) is 11.8 Å². The summed E-state index contributed by atoms with van der Waals surface area (Å²) < 4.78 is 50.6. The Balaban J connectivity index is 1.39. The fourth-order valence-corrected chi connectivity index (χ4v) is 5.71. The Morgan fingerprint density at radius 2 is 1.92 bits per heavy atom. The average Bonchev–Trinajstić information content (AvgIpc) is 3.61. The van der Waals surface area contributed by atoms with Gasteiger partial charge in [-0.25, -0.2) is 12.8 Å². The highest BCUT2D eigenvalue weighted by Crippen LogP contribution is 2.54. The van der Waals surface area contributed by atoms with E-state index in [0.717, 1.165) is 45.2 Å². The molecule has 1 aromatic carbocycles. The van der Waals surface area contributed by atoms with Crippen molar-refractivity contribution < 1.29 is 32.2 Å². The molecule has 0 radical (unpaired) electrons. The summed E-state index contributed by atoms with van der Waals surface area (Å²) in [5.41, 5.74) is 1.72. The van der Waals surface area contributed by atoms with Gasteiger partial charge in [-0.2, -0.15) is 4.98 Å². The van der Waals surface area contributed by atoms with Crippen LogP contribution in [0.15, 0.2) is 30.3 Å². The SMILES string of the molecule is O=C(Nc1ccc(OCF)c(OC2CCC2)n1)c1ccc(NS(=O)(=O)CCO)cc1N1CCC2(CC1)CC2. The monoisotopic (exact) mass is 548 g/mol. The number of nitrogens with one attached hydrogen (secondary N) is 2. The van der Waals surface area contributed by atoms with Gasteiger partial charge in [-0.3, -0.25) is 9.52 Å². The molecule has 5 rings (SSSR count). The van der Waals surface area contributed by atoms with Crippen molar-refractivity contribution in [2.45, 2.75) is 51.0 Å². The zero-order valence-electron chi connectivity index (χ0n) is 21.1. The van der Waals surface area contributed by atoms with Gasteiger partial charge in [0.15, 0.2) is 5.75 Å². The number of aliphatic hydroxyl groups excluding tert-OH is 1. The van der Waals surface area contributed by atoms with E-state index in [-0.39, 0.29) is 23.6 Å². The van der Waals surface area contributed by atoms with Crippen molar-refractivity contribution in [2.75, 3.05) is 47.2 Å². The molecule has 0 bridgehead atoms. The van der Waals surface area contributed by atoms with Crippen LogP contribution in [0.25, 0.3) is 0 Å². The van der Waals surface area contributed by atoms with E-state index in [0.29, 0.717) is 22.4 Å². The predicted octanol–water partition coefficient (Wildman–Crippen LogP) is 3.69. The molecular formula is C26H33FN4O6S. The molecule has 1 aromatic heterocycles. The Morgan fingerprint density at radius 1 is 1.16 bits per heavy atom. The molecule has 3 fully saturated rings. The molecule has 38 heavy (non-hydrogen) atoms. The van der Waals surface area contributed by atoms with E-state index in [9.17, 15) is 17.6 Å². The first kappa shape index (κ1) is 26.5. The molecule has 1 saturated heterocycles. The number of hydrogen-bond acceptors (Lipinski definition) is 8. The van der Waals surface area contributed by atoms with E-state index in [4.69, 9.17) is 14.6 Å². The largest absolute Gasteiger partial charge is 0.472 e. The van der Waals surface area contributed by atoms with Gasteiger partial charge in [-0.1, -0.05) is 0 Å². The summed E-state index contributed by atoms with van der Waals surface area (Å²) in [6.45, 7) is 0.00876. The van der Waals surface area contributed by atoms with Crippen LogP contribution in [0.1, 0.15) is 55.3 Å². The Hall–Kier alpha value is -3.12. The Morgan fingerprint density at radius 3 is 2.55 bits per heavy atom. The number of sulfonamides is 1. The number of hydrogen-bond donors (Lipinski definition) is 3. The van der Waals surface area contributed by atoms with Crippen LogP contribution in [0.5, 0.6) is 11.6 Å². The second-order valence-corrected chi connectivity index (χ2v) is 12.1. The summed E-state index contributed by atoms with van der Waals surface area (Å²) in [7, 11) is -3.73. The van der Waals surface area contributed by atoms with E-state index in [1.165, 1.54) is 31.0 Å². The van der Waals surface area contributed by atoms with Crippen molar-refractivity contribution >= 4 is 33.1 Å². The van der Waals surface area contributed by atoms with E-state index in [1.54, 1.807) is 12.1 Å². The molecule has 3 aliphatic rings. The van der Waals surface area contributed by atoms with E-state index >= 15 is 0 Å². The second kappa shape index (κ2) is 10.9. The maximum Gasteiger partial charge on any atom is 0.259 e. The number of rotatable bonds is 11. The number of nitrogens with zero attached hydrogens (tertiary/aromatic N) is 2. The van der Waals surface area contributed by atoms with Gasteiger partial charge < -0.3 is 24.8 Å². The molecule has 2 heterocycles. The smallest absolute Gasteiger partial charge is 0.259 e. The van der Waals surface area contributed by atoms with Gasteiger partial charge in [0.2, 0.25) is 16.9 Å². The van der Waals surface area contributed by atoms with Crippen molar-refractivity contribution in [1.29, 1.82) is 0 Å². The number of piperidine rings is 1. The normalized spacial score (nSPS) is 18.5. The molecule has 206 valence electrons. The van der Waals surface area contributed by atoms with E-state index < -0.39 is 35.2 Å². The van der Waals surface area contributed by atoms with Crippen molar-refractivity contribution in [1.82, 2.24) is 4.98 Å². The number of carbonyl (C=O) groups excluding carboxylic acids is 1. The van der Waals surface area contributed by atoms with Gasteiger partial charge in [-0.05, 0) is 80.7 Å². The number of amides is 1. The first-order chi connectivity index (χ1) is 18.3. The third-order valence-electron chi connectivity index (χ3n) is 7.61. The number of aromatic nitrogens is 1. The maximum atomic E-state index is 13.4. The summed E-state index contributed by atoms with van der Waals surface area (Å²) in [5.74, 6) is -0.317. The van der Waals surface area contributed by atoms with Crippen molar-refractivity contribution in [3.8, 4) is 11.6 Å². The summed E-state index contributed by atoms with van der Waals surface area (Å²) in [4.78, 5) is 19.9. The van der Waals surface area contributed by atoms with Crippen LogP contribution in [0, 0.1) is 5.41 Å². The zero-order chi connectivity index (χ0) is 26.8. The van der Waals surface area contributed by atoms with Crippen LogP contribution in [-0.4, -0.2) is 62.8 Å². The minimum Gasteiger partial charge on any atom is -0.472 e. The van der Waals surface area contributed by atoms with E-state index in [2.05, 4.69) is 19.9 Å². The fourth-order valence-electron chi connectivity index (χ4n) is 4.88. The average molecular weight is 549 g/mol. The van der Waals surface area contributed by atoms with Gasteiger partial charge in [0, 0.05) is 13.1 Å². The highest BCUT2D eigenvalue weighted by atomic mass is 32.2. The number of alkyl halides is 1. The molecule has 1 amide bonds. The lowest BCUT2D eigenvalue weighted by Crippen LogP contribution is -2.35. The molecule has 0 atom stereocenters. The predicted molar refractivity (Wildman–Crippen MR) is 141 cm³/mol. The number of benzene rings is 1. The summed E-state index contributed by atoms with van der Waals surface area (Å²) >= 11 is 0. The van der Waals surface area contributed by atoms with E-state index in [1.807, 2.05) is 0 Å². The molecule has 2 aliphatic carbocycles. The minimum absolute atomic E-state index is 0.0157. The molecule has 12 heteroatoms. The highest BCUT2D eigenvalue weighted by Gasteiger charge is 2.44. The summed E-state index contributed by atoms with van der Waals surface area (Å²) in [5, 5.41) is 11.9. The topological polar surface area (TPSA) is 130 Å². The minimum atomic E-state index is -3.73. The summed E-state index contributed by atoms with van der Waals surface area (Å²) in [6, 6.07) is 7.79. The maximum absolute atomic E-state index is 13.4. The molecule has 2 aromatic rings. The van der Waals surface area contributed by atoms with Gasteiger partial charge in [0.1, 0.15) is 11.9 Å². The number of aliphatic hydroxyl groups is 1. The van der Waals surface area contributed by atoms with Crippen LogP contribution < -0.4 is 24.4 Å². The van der Waals surface area contributed by atoms with Crippen molar-refractivity contribution in [3.63, 3.8) is 0 Å². The third kappa shape index (κ3) is 6.12. The first-order valence-electron chi connectivity index (χ1n) is 13.0. The van der Waals surface area contributed by atoms with Crippen LogP contribution in [0.3, 0.4) is 0 Å². The quantitative estimate of drug-likeness (QED) is 0.388.